The number of aromatic nitrogens is 1. The lowest BCUT2D eigenvalue weighted by Gasteiger charge is -2.38. The van der Waals surface area contributed by atoms with Gasteiger partial charge in [0, 0.05) is 18.3 Å². The molecule has 1 aliphatic rings. The maximum atomic E-state index is 11.4. The third-order valence-electron chi connectivity index (χ3n) is 3.78. The van der Waals surface area contributed by atoms with Crippen LogP contribution in [-0.2, 0) is 4.79 Å². The Kier molecular flexibility index (Phi) is 2.95. The van der Waals surface area contributed by atoms with Gasteiger partial charge in [0.1, 0.15) is 0 Å². The van der Waals surface area contributed by atoms with E-state index in [2.05, 4.69) is 4.98 Å². The Morgan fingerprint density at radius 2 is 2.38 bits per heavy atom. The van der Waals surface area contributed by atoms with E-state index >= 15 is 0 Å². The molecule has 86 valence electrons. The van der Waals surface area contributed by atoms with Gasteiger partial charge in [-0.15, -0.1) is 0 Å². The molecule has 1 aliphatic carbocycles. The molecule has 0 radical (unpaired) electrons. The zero-order valence-corrected chi connectivity index (χ0v) is 9.52. The normalized spacial score (nSPS) is 29.9. The molecular weight excluding hydrogens is 202 g/mol. The summed E-state index contributed by atoms with van der Waals surface area (Å²) in [5.41, 5.74) is 0.438. The van der Waals surface area contributed by atoms with Crippen molar-refractivity contribution in [1.29, 1.82) is 0 Å². The van der Waals surface area contributed by atoms with Crippen molar-refractivity contribution in [3.63, 3.8) is 0 Å². The van der Waals surface area contributed by atoms with Crippen LogP contribution in [0.3, 0.4) is 0 Å². The summed E-state index contributed by atoms with van der Waals surface area (Å²) in [5, 5.41) is 9.41. The highest BCUT2D eigenvalue weighted by atomic mass is 16.4. The summed E-state index contributed by atoms with van der Waals surface area (Å²) in [6.45, 7) is 1.87. The molecule has 3 nitrogen and oxygen atoms in total. The molecule has 1 heterocycles. The Balaban J connectivity index is 2.34. The molecule has 3 heteroatoms. The van der Waals surface area contributed by atoms with Gasteiger partial charge in [0.15, 0.2) is 0 Å². The number of rotatable bonds is 2. The van der Waals surface area contributed by atoms with Gasteiger partial charge in [-0.25, -0.2) is 0 Å². The summed E-state index contributed by atoms with van der Waals surface area (Å²) in [6.07, 6.45) is 7.37. The molecule has 1 aromatic heterocycles. The van der Waals surface area contributed by atoms with E-state index in [1.54, 1.807) is 12.4 Å². The number of aliphatic carboxylic acids is 1. The topological polar surface area (TPSA) is 50.2 Å². The van der Waals surface area contributed by atoms with Crippen molar-refractivity contribution in [3.8, 4) is 0 Å². The molecule has 1 saturated carbocycles. The second-order valence-electron chi connectivity index (χ2n) is 4.81. The Labute approximate surface area is 95.5 Å². The van der Waals surface area contributed by atoms with Crippen LogP contribution >= 0.6 is 0 Å². The number of pyridine rings is 1. The van der Waals surface area contributed by atoms with Crippen LogP contribution in [0.2, 0.25) is 0 Å². The predicted molar refractivity (Wildman–Crippen MR) is 61.2 cm³/mol. The Bertz CT molecular complexity index is 377. The summed E-state index contributed by atoms with van der Waals surface area (Å²) >= 11 is 0. The summed E-state index contributed by atoms with van der Waals surface area (Å²) in [5.74, 6) is -0.575. The number of nitrogens with zero attached hydrogens (tertiary/aromatic N) is 1. The van der Waals surface area contributed by atoms with Crippen molar-refractivity contribution in [1.82, 2.24) is 4.98 Å². The Morgan fingerprint density at radius 1 is 1.56 bits per heavy atom. The highest BCUT2D eigenvalue weighted by molar-refractivity contribution is 5.75. The van der Waals surface area contributed by atoms with Crippen molar-refractivity contribution < 1.29 is 9.90 Å². The first-order valence-corrected chi connectivity index (χ1v) is 5.78. The molecule has 0 bridgehead atoms. The smallest absolute Gasteiger partial charge is 0.309 e. The summed E-state index contributed by atoms with van der Waals surface area (Å²) in [7, 11) is 0. The van der Waals surface area contributed by atoms with Crippen LogP contribution in [0.4, 0.5) is 0 Å². The van der Waals surface area contributed by atoms with Crippen LogP contribution in [0.25, 0.3) is 0 Å². The molecule has 1 N–H and O–H groups in total. The van der Waals surface area contributed by atoms with E-state index in [-0.39, 0.29) is 5.92 Å². The molecule has 2 rings (SSSR count). The fraction of sp³-hybridized carbons (Fsp3) is 0.538. The minimum absolute atomic E-state index is 0.104. The van der Waals surface area contributed by atoms with Crippen LogP contribution in [0.5, 0.6) is 0 Å². The average Bonchev–Trinajstić information content (AvgIpc) is 2.30. The van der Waals surface area contributed by atoms with E-state index in [0.29, 0.717) is 0 Å². The molecule has 0 aliphatic heterocycles. The van der Waals surface area contributed by atoms with Crippen molar-refractivity contribution in [3.05, 3.63) is 30.1 Å². The first-order chi connectivity index (χ1) is 7.64. The zero-order valence-electron chi connectivity index (χ0n) is 9.52. The third kappa shape index (κ3) is 1.82. The second-order valence-corrected chi connectivity index (χ2v) is 4.81. The fourth-order valence-electron chi connectivity index (χ4n) is 2.71. The molecule has 0 aromatic carbocycles. The number of hydrogen-bond acceptors (Lipinski definition) is 2. The van der Waals surface area contributed by atoms with Crippen LogP contribution in [0, 0.1) is 5.41 Å². The third-order valence-corrected chi connectivity index (χ3v) is 3.78. The minimum Gasteiger partial charge on any atom is -0.481 e. The van der Waals surface area contributed by atoms with Crippen LogP contribution in [0.15, 0.2) is 24.5 Å². The van der Waals surface area contributed by atoms with Crippen molar-refractivity contribution >= 4 is 5.97 Å². The SMILES string of the molecule is CC1(C(=O)O)CCCCC1c1cccnc1. The van der Waals surface area contributed by atoms with Gasteiger partial charge in [0.2, 0.25) is 0 Å². The summed E-state index contributed by atoms with van der Waals surface area (Å²) in [4.78, 5) is 15.5. The standard InChI is InChI=1S/C13H17NO2/c1-13(12(15)16)7-3-2-6-11(13)10-5-4-8-14-9-10/h4-5,8-9,11H,2-3,6-7H2,1H3,(H,15,16). The summed E-state index contributed by atoms with van der Waals surface area (Å²) in [6, 6.07) is 3.87. The Hall–Kier alpha value is -1.38. The zero-order chi connectivity index (χ0) is 11.6. The molecule has 2 atom stereocenters. The molecule has 0 amide bonds. The van der Waals surface area contributed by atoms with Gasteiger partial charge in [-0.05, 0) is 31.4 Å². The quantitative estimate of drug-likeness (QED) is 0.832. The van der Waals surface area contributed by atoms with Crippen molar-refractivity contribution in [2.24, 2.45) is 5.41 Å². The monoisotopic (exact) mass is 219 g/mol. The van der Waals surface area contributed by atoms with E-state index in [1.807, 2.05) is 19.1 Å². The summed E-state index contributed by atoms with van der Waals surface area (Å²) < 4.78 is 0. The minimum atomic E-state index is -0.680. The molecular formula is C13H17NO2. The van der Waals surface area contributed by atoms with E-state index in [0.717, 1.165) is 31.2 Å². The number of carboxylic acids is 1. The second kappa shape index (κ2) is 4.24. The van der Waals surface area contributed by atoms with Crippen LogP contribution < -0.4 is 0 Å². The van der Waals surface area contributed by atoms with Crippen LogP contribution in [0.1, 0.15) is 44.1 Å². The van der Waals surface area contributed by atoms with E-state index < -0.39 is 11.4 Å². The van der Waals surface area contributed by atoms with E-state index in [4.69, 9.17) is 0 Å². The lowest BCUT2D eigenvalue weighted by atomic mass is 9.65. The number of carboxylic acid groups (broad SMARTS) is 1. The first kappa shape index (κ1) is 11.1. The fourth-order valence-corrected chi connectivity index (χ4v) is 2.71. The lowest BCUT2D eigenvalue weighted by molar-refractivity contribution is -0.151. The molecule has 2 unspecified atom stereocenters. The van der Waals surface area contributed by atoms with Crippen molar-refractivity contribution in [2.45, 2.75) is 38.5 Å². The van der Waals surface area contributed by atoms with Gasteiger partial charge in [0.25, 0.3) is 0 Å². The highest BCUT2D eigenvalue weighted by Crippen LogP contribution is 2.47. The van der Waals surface area contributed by atoms with Crippen LogP contribution in [-0.4, -0.2) is 16.1 Å². The molecule has 0 saturated heterocycles. The average molecular weight is 219 g/mol. The van der Waals surface area contributed by atoms with Gasteiger partial charge < -0.3 is 5.11 Å². The Morgan fingerprint density at radius 3 is 3.00 bits per heavy atom. The predicted octanol–water partition coefficient (Wildman–Crippen LogP) is 2.83. The maximum Gasteiger partial charge on any atom is 0.309 e. The first-order valence-electron chi connectivity index (χ1n) is 5.78. The van der Waals surface area contributed by atoms with Gasteiger partial charge >= 0.3 is 5.97 Å². The van der Waals surface area contributed by atoms with Gasteiger partial charge in [0.05, 0.1) is 5.41 Å². The number of carbonyl (C=O) groups is 1. The lowest BCUT2D eigenvalue weighted by Crippen LogP contribution is -2.37. The highest BCUT2D eigenvalue weighted by Gasteiger charge is 2.43. The van der Waals surface area contributed by atoms with E-state index in [1.165, 1.54) is 0 Å². The largest absolute Gasteiger partial charge is 0.481 e. The van der Waals surface area contributed by atoms with Crippen molar-refractivity contribution in [2.75, 3.05) is 0 Å². The molecule has 1 aromatic rings. The van der Waals surface area contributed by atoms with Gasteiger partial charge in [-0.2, -0.15) is 0 Å². The van der Waals surface area contributed by atoms with Gasteiger partial charge in [-0.3, -0.25) is 9.78 Å². The maximum absolute atomic E-state index is 11.4. The molecule has 0 spiro atoms. The van der Waals surface area contributed by atoms with E-state index in [9.17, 15) is 9.90 Å². The number of hydrogen-bond donors (Lipinski definition) is 1. The van der Waals surface area contributed by atoms with Gasteiger partial charge in [-0.1, -0.05) is 18.9 Å². The molecule has 1 fully saturated rings. The molecule has 16 heavy (non-hydrogen) atoms.